The first kappa shape index (κ1) is 28.2. The van der Waals surface area contributed by atoms with Crippen molar-refractivity contribution in [2.75, 3.05) is 13.1 Å². The molecule has 3 aliphatic heterocycles. The number of hydrogen-bond donors (Lipinski definition) is 3. The number of aliphatic hydroxyl groups is 2. The second-order valence-corrected chi connectivity index (χ2v) is 11.9. The number of carbonyl (C=O) groups is 3. The smallest absolute Gasteiger partial charge is 0.255 e. The van der Waals surface area contributed by atoms with Crippen molar-refractivity contribution in [1.82, 2.24) is 15.1 Å². The number of carbonyl (C=O) groups excluding carboxylic acids is 3. The maximum atomic E-state index is 14.9. The Kier molecular flexibility index (Phi) is 6.98. The van der Waals surface area contributed by atoms with Gasteiger partial charge in [-0.15, -0.1) is 0 Å². The molecule has 2 fully saturated rings. The van der Waals surface area contributed by atoms with Gasteiger partial charge in [0.1, 0.15) is 24.2 Å². The number of halogens is 1. The van der Waals surface area contributed by atoms with Gasteiger partial charge in [-0.05, 0) is 64.4 Å². The van der Waals surface area contributed by atoms with Crippen LogP contribution in [0.5, 0.6) is 5.75 Å². The number of nitrogens with zero attached hydrogens (tertiary/aromatic N) is 2. The Morgan fingerprint density at radius 2 is 1.80 bits per heavy atom. The molecular weight excluding hydrogens is 521 g/mol. The Morgan fingerprint density at radius 3 is 2.48 bits per heavy atom. The Hall–Kier alpha value is -3.38. The molecule has 3 heterocycles. The highest BCUT2D eigenvalue weighted by molar-refractivity contribution is 6.05. The van der Waals surface area contributed by atoms with Gasteiger partial charge in [-0.1, -0.05) is 6.07 Å². The summed E-state index contributed by atoms with van der Waals surface area (Å²) in [6.07, 6.45) is 0.381. The predicted molar refractivity (Wildman–Crippen MR) is 140 cm³/mol. The number of rotatable bonds is 6. The minimum absolute atomic E-state index is 0.0819. The zero-order chi connectivity index (χ0) is 29.0. The van der Waals surface area contributed by atoms with Gasteiger partial charge in [0.05, 0.1) is 17.7 Å². The number of imide groups is 1. The SMILES string of the molecule is CC1(C)CN(C(O)(O)c2ccc(F)c(COc3cccc4c3CN(C3CCC(=O)NC3=O)C4=O)c2)CC(C)(C)O1. The molecule has 1 atom stereocenters. The topological polar surface area (TPSA) is 129 Å². The number of amides is 3. The standard InChI is InChI=1S/C29H34FN3O7/c1-27(2)15-32(16-28(3,4)40-27)29(37,38)18-8-9-21(30)17(12-18)14-39-23-7-5-6-19-20(23)13-33(26(19)36)22-10-11-24(34)31-25(22)35/h5-9,12,22,37-38H,10-11,13-16H2,1-4H3,(H,31,34,35). The summed E-state index contributed by atoms with van der Waals surface area (Å²) < 4.78 is 26.9. The number of ether oxygens (including phenoxy) is 2. The van der Waals surface area contributed by atoms with E-state index in [0.717, 1.165) is 6.07 Å². The van der Waals surface area contributed by atoms with Crippen LogP contribution < -0.4 is 10.1 Å². The first-order chi connectivity index (χ1) is 18.7. The van der Waals surface area contributed by atoms with Gasteiger partial charge >= 0.3 is 0 Å². The second kappa shape index (κ2) is 9.91. The summed E-state index contributed by atoms with van der Waals surface area (Å²) in [5.74, 6) is -3.84. The van der Waals surface area contributed by atoms with Crippen LogP contribution in [0.1, 0.15) is 67.6 Å². The summed E-state index contributed by atoms with van der Waals surface area (Å²) in [7, 11) is 0. The lowest BCUT2D eigenvalue weighted by molar-refractivity contribution is -0.321. The van der Waals surface area contributed by atoms with Gasteiger partial charge in [0.15, 0.2) is 0 Å². The van der Waals surface area contributed by atoms with E-state index in [4.69, 9.17) is 9.47 Å². The van der Waals surface area contributed by atoms with E-state index in [-0.39, 0.29) is 62.0 Å². The molecule has 5 rings (SSSR count). The lowest BCUT2D eigenvalue weighted by Gasteiger charge is -2.50. The molecule has 2 aromatic carbocycles. The quantitative estimate of drug-likeness (QED) is 0.366. The van der Waals surface area contributed by atoms with Crippen LogP contribution in [0.4, 0.5) is 4.39 Å². The van der Waals surface area contributed by atoms with E-state index in [1.807, 2.05) is 27.7 Å². The zero-order valence-electron chi connectivity index (χ0n) is 23.0. The van der Waals surface area contributed by atoms with Gasteiger partial charge in [0.2, 0.25) is 11.8 Å². The fourth-order valence-corrected chi connectivity index (χ4v) is 5.93. The van der Waals surface area contributed by atoms with Crippen molar-refractivity contribution in [2.45, 2.75) is 76.8 Å². The van der Waals surface area contributed by atoms with Crippen molar-refractivity contribution >= 4 is 17.7 Å². The van der Waals surface area contributed by atoms with Crippen molar-refractivity contribution in [1.29, 1.82) is 0 Å². The Balaban J connectivity index is 1.35. The van der Waals surface area contributed by atoms with Gasteiger partial charge in [-0.2, -0.15) is 0 Å². The van der Waals surface area contributed by atoms with Crippen LogP contribution in [0.15, 0.2) is 36.4 Å². The molecule has 3 N–H and O–H groups in total. The van der Waals surface area contributed by atoms with Crippen molar-refractivity contribution in [3.63, 3.8) is 0 Å². The molecule has 10 nitrogen and oxygen atoms in total. The number of hydrogen-bond acceptors (Lipinski definition) is 8. The van der Waals surface area contributed by atoms with Crippen molar-refractivity contribution in [2.24, 2.45) is 0 Å². The molecule has 11 heteroatoms. The average molecular weight is 556 g/mol. The third-order valence-corrected chi connectivity index (χ3v) is 7.49. The second-order valence-electron chi connectivity index (χ2n) is 11.9. The first-order valence-corrected chi connectivity index (χ1v) is 13.3. The number of piperidine rings is 1. The molecule has 2 saturated heterocycles. The lowest BCUT2D eigenvalue weighted by atomic mass is 9.96. The molecule has 3 aliphatic rings. The van der Waals surface area contributed by atoms with Crippen molar-refractivity contribution in [3.05, 3.63) is 64.5 Å². The fraction of sp³-hybridized carbons (Fsp3) is 0.483. The average Bonchev–Trinajstić information content (AvgIpc) is 3.18. The van der Waals surface area contributed by atoms with Gasteiger partial charge < -0.3 is 24.6 Å². The predicted octanol–water partition coefficient (Wildman–Crippen LogP) is 2.15. The van der Waals surface area contributed by atoms with Crippen LogP contribution in [0.3, 0.4) is 0 Å². The van der Waals surface area contributed by atoms with Crippen LogP contribution in [-0.4, -0.2) is 68.1 Å². The first-order valence-electron chi connectivity index (χ1n) is 13.3. The highest BCUT2D eigenvalue weighted by Crippen LogP contribution is 2.36. The summed E-state index contributed by atoms with van der Waals surface area (Å²) >= 11 is 0. The highest BCUT2D eigenvalue weighted by Gasteiger charge is 2.46. The number of benzene rings is 2. The van der Waals surface area contributed by atoms with Crippen molar-refractivity contribution in [3.8, 4) is 5.75 Å². The molecule has 0 aromatic heterocycles. The Bertz CT molecular complexity index is 1360. The summed E-state index contributed by atoms with van der Waals surface area (Å²) in [4.78, 5) is 39.9. The third-order valence-electron chi connectivity index (χ3n) is 7.49. The van der Waals surface area contributed by atoms with Crippen LogP contribution in [-0.2, 0) is 33.4 Å². The highest BCUT2D eigenvalue weighted by atomic mass is 19.1. The summed E-state index contributed by atoms with van der Waals surface area (Å²) in [6.45, 7) is 7.81. The summed E-state index contributed by atoms with van der Waals surface area (Å²) in [5, 5.41) is 24.7. The Morgan fingerprint density at radius 1 is 1.10 bits per heavy atom. The monoisotopic (exact) mass is 555 g/mol. The number of nitrogens with one attached hydrogen (secondary N) is 1. The zero-order valence-corrected chi connectivity index (χ0v) is 23.0. The summed E-state index contributed by atoms with van der Waals surface area (Å²) in [5.41, 5.74) is -0.169. The molecule has 3 amide bonds. The van der Waals surface area contributed by atoms with Gasteiger partial charge in [0.25, 0.3) is 11.8 Å². The molecule has 40 heavy (non-hydrogen) atoms. The van der Waals surface area contributed by atoms with E-state index in [2.05, 4.69) is 5.32 Å². The molecule has 1 unspecified atom stereocenters. The van der Waals surface area contributed by atoms with E-state index in [1.165, 1.54) is 21.9 Å². The molecule has 0 radical (unpaired) electrons. The van der Waals surface area contributed by atoms with Crippen molar-refractivity contribution < 1.29 is 38.5 Å². The van der Waals surface area contributed by atoms with Crippen LogP contribution in [0, 0.1) is 5.82 Å². The third kappa shape index (κ3) is 5.34. The molecular formula is C29H34FN3O7. The number of fused-ring (bicyclic) bond motifs is 1. The largest absolute Gasteiger partial charge is 0.488 e. The fourth-order valence-electron chi connectivity index (χ4n) is 5.93. The van der Waals surface area contributed by atoms with E-state index < -0.39 is 34.9 Å². The normalized spacial score (nSPS) is 22.7. The maximum Gasteiger partial charge on any atom is 0.255 e. The Labute approximate surface area is 231 Å². The minimum atomic E-state index is -2.39. The molecule has 214 valence electrons. The summed E-state index contributed by atoms with van der Waals surface area (Å²) in [6, 6.07) is 8.00. The van der Waals surface area contributed by atoms with Gasteiger partial charge in [0, 0.05) is 41.8 Å². The van der Waals surface area contributed by atoms with E-state index >= 15 is 0 Å². The molecule has 0 saturated carbocycles. The van der Waals surface area contributed by atoms with Crippen LogP contribution in [0.2, 0.25) is 0 Å². The maximum absolute atomic E-state index is 14.9. The minimum Gasteiger partial charge on any atom is -0.488 e. The van der Waals surface area contributed by atoms with Crippen LogP contribution in [0.25, 0.3) is 0 Å². The van der Waals surface area contributed by atoms with E-state index in [9.17, 15) is 29.0 Å². The molecule has 0 bridgehead atoms. The van der Waals surface area contributed by atoms with E-state index in [0.29, 0.717) is 16.9 Å². The molecule has 0 aliphatic carbocycles. The lowest BCUT2D eigenvalue weighted by Crippen LogP contribution is -2.63. The number of morpholine rings is 1. The molecule has 0 spiro atoms. The van der Waals surface area contributed by atoms with Gasteiger partial charge in [-0.3, -0.25) is 19.7 Å². The molecule has 2 aromatic rings. The van der Waals surface area contributed by atoms with E-state index in [1.54, 1.807) is 18.2 Å². The van der Waals surface area contributed by atoms with Crippen LogP contribution >= 0.6 is 0 Å². The van der Waals surface area contributed by atoms with Gasteiger partial charge in [-0.25, -0.2) is 9.29 Å².